The van der Waals surface area contributed by atoms with Gasteiger partial charge in [0.25, 0.3) is 0 Å². The van der Waals surface area contributed by atoms with E-state index in [-0.39, 0.29) is 41.4 Å². The summed E-state index contributed by atoms with van der Waals surface area (Å²) in [6.07, 6.45) is 2.20. The second-order valence-electron chi connectivity index (χ2n) is 6.84. The maximum Gasteiger partial charge on any atom is 0.451 e. The first-order valence-electron chi connectivity index (χ1n) is 8.42. The van der Waals surface area contributed by atoms with Crippen molar-refractivity contribution in [3.8, 4) is 11.5 Å². The van der Waals surface area contributed by atoms with Crippen LogP contribution in [-0.4, -0.2) is 69.5 Å². The fourth-order valence-electron chi connectivity index (χ4n) is 3.28. The van der Waals surface area contributed by atoms with Gasteiger partial charge in [0.1, 0.15) is 23.2 Å². The first kappa shape index (κ1) is 18.0. The molecule has 9 heteroatoms. The van der Waals surface area contributed by atoms with Gasteiger partial charge in [0.05, 0.1) is 0 Å². The minimum Gasteiger partial charge on any atom is -0.507 e. The molecule has 1 saturated carbocycles. The number of carbonyl (C=O) groups is 1. The standard InChI is InChI=1S/C16H23BN2O6/c18-9-16(4-5-16)19-7-11(8-19)25-12-2-1-10(3-6-17(23)24)14(20)13(12)15(21)22/h1-2,11,20,23-24H,3-9,18H2,(H,21,22). The predicted octanol–water partition coefficient (Wildman–Crippen LogP) is -0.340. The molecule has 8 nitrogen and oxygen atoms in total. The quantitative estimate of drug-likeness (QED) is 0.402. The largest absolute Gasteiger partial charge is 0.507 e. The Morgan fingerprint density at radius 3 is 2.56 bits per heavy atom. The Bertz CT molecular complexity index is 658. The molecule has 0 bridgehead atoms. The number of phenols is 1. The van der Waals surface area contributed by atoms with E-state index in [9.17, 15) is 15.0 Å². The Morgan fingerprint density at radius 2 is 2.04 bits per heavy atom. The van der Waals surface area contributed by atoms with Gasteiger partial charge in [-0.15, -0.1) is 0 Å². The van der Waals surface area contributed by atoms with E-state index >= 15 is 0 Å². The van der Waals surface area contributed by atoms with Crippen LogP contribution in [0.2, 0.25) is 6.32 Å². The minimum atomic E-state index is -1.51. The Morgan fingerprint density at radius 1 is 1.36 bits per heavy atom. The van der Waals surface area contributed by atoms with Crippen LogP contribution in [0.15, 0.2) is 12.1 Å². The number of aryl methyl sites for hydroxylation is 1. The third kappa shape index (κ3) is 3.59. The van der Waals surface area contributed by atoms with Crippen molar-refractivity contribution in [1.29, 1.82) is 0 Å². The summed E-state index contributed by atoms with van der Waals surface area (Å²) in [5, 5.41) is 37.5. The van der Waals surface area contributed by atoms with E-state index in [1.165, 1.54) is 6.07 Å². The molecule has 0 atom stereocenters. The molecule has 1 aliphatic carbocycles. The van der Waals surface area contributed by atoms with E-state index in [1.807, 2.05) is 0 Å². The van der Waals surface area contributed by atoms with Gasteiger partial charge in [0, 0.05) is 25.2 Å². The number of aromatic hydroxyl groups is 1. The number of rotatable bonds is 8. The molecular formula is C16H23BN2O6. The van der Waals surface area contributed by atoms with Crippen LogP contribution in [0, 0.1) is 0 Å². The van der Waals surface area contributed by atoms with Gasteiger partial charge in [0.2, 0.25) is 0 Å². The fourth-order valence-corrected chi connectivity index (χ4v) is 3.28. The van der Waals surface area contributed by atoms with Gasteiger partial charge < -0.3 is 30.7 Å². The molecule has 6 N–H and O–H groups in total. The number of carboxylic acid groups (broad SMARTS) is 1. The lowest BCUT2D eigenvalue weighted by Gasteiger charge is -2.44. The van der Waals surface area contributed by atoms with E-state index in [1.54, 1.807) is 6.07 Å². The van der Waals surface area contributed by atoms with Crippen molar-refractivity contribution >= 4 is 13.1 Å². The van der Waals surface area contributed by atoms with Crippen LogP contribution in [0.3, 0.4) is 0 Å². The van der Waals surface area contributed by atoms with Crippen LogP contribution in [0.25, 0.3) is 0 Å². The van der Waals surface area contributed by atoms with Crippen LogP contribution < -0.4 is 10.5 Å². The van der Waals surface area contributed by atoms with Gasteiger partial charge in [0.15, 0.2) is 0 Å². The summed E-state index contributed by atoms with van der Waals surface area (Å²) in [5.74, 6) is -1.54. The Balaban J connectivity index is 1.69. The average Bonchev–Trinajstić information content (AvgIpc) is 3.29. The van der Waals surface area contributed by atoms with Crippen LogP contribution in [0.4, 0.5) is 0 Å². The van der Waals surface area contributed by atoms with Crippen molar-refractivity contribution in [1.82, 2.24) is 4.90 Å². The highest BCUT2D eigenvalue weighted by Crippen LogP contribution is 2.44. The van der Waals surface area contributed by atoms with Gasteiger partial charge >= 0.3 is 13.1 Å². The number of nitrogens with two attached hydrogens (primary N) is 1. The van der Waals surface area contributed by atoms with Crippen molar-refractivity contribution in [3.63, 3.8) is 0 Å². The highest BCUT2D eigenvalue weighted by molar-refractivity contribution is 6.41. The van der Waals surface area contributed by atoms with Crippen LogP contribution >= 0.6 is 0 Å². The Kier molecular flexibility index (Phi) is 4.92. The molecule has 1 aliphatic heterocycles. The summed E-state index contributed by atoms with van der Waals surface area (Å²) >= 11 is 0. The lowest BCUT2D eigenvalue weighted by molar-refractivity contribution is -0.0165. The van der Waals surface area contributed by atoms with Gasteiger partial charge in [-0.25, -0.2) is 4.79 Å². The summed E-state index contributed by atoms with van der Waals surface area (Å²) in [4.78, 5) is 13.8. The van der Waals surface area contributed by atoms with Gasteiger partial charge in [-0.3, -0.25) is 4.90 Å². The van der Waals surface area contributed by atoms with Crippen molar-refractivity contribution < 1.29 is 29.8 Å². The van der Waals surface area contributed by atoms with Crippen molar-refractivity contribution in [2.45, 2.75) is 37.2 Å². The van der Waals surface area contributed by atoms with Crippen molar-refractivity contribution in [2.24, 2.45) is 5.73 Å². The topological polar surface area (TPSA) is 136 Å². The third-order valence-electron chi connectivity index (χ3n) is 5.13. The third-order valence-corrected chi connectivity index (χ3v) is 5.13. The van der Waals surface area contributed by atoms with Crippen molar-refractivity contribution in [2.75, 3.05) is 19.6 Å². The lowest BCUT2D eigenvalue weighted by atomic mass is 9.82. The number of aromatic carboxylic acids is 1. The number of benzene rings is 1. The molecule has 1 heterocycles. The first-order chi connectivity index (χ1) is 11.9. The second-order valence-corrected chi connectivity index (χ2v) is 6.84. The molecule has 0 amide bonds. The summed E-state index contributed by atoms with van der Waals surface area (Å²) < 4.78 is 5.78. The molecule has 1 aromatic carbocycles. The summed E-state index contributed by atoms with van der Waals surface area (Å²) in [6.45, 7) is 2.00. The average molecular weight is 350 g/mol. The molecule has 2 fully saturated rings. The molecule has 0 spiro atoms. The predicted molar refractivity (Wildman–Crippen MR) is 90.8 cm³/mol. The normalized spacial score (nSPS) is 19.3. The number of carboxylic acids is 1. The SMILES string of the molecule is NCC1(N2CC(Oc3ccc(CCB(O)O)c(O)c3C(=O)O)C2)CC1. The lowest BCUT2D eigenvalue weighted by Crippen LogP contribution is -2.60. The highest BCUT2D eigenvalue weighted by Gasteiger charge is 2.51. The molecule has 2 aliphatic rings. The monoisotopic (exact) mass is 350 g/mol. The molecule has 0 unspecified atom stereocenters. The Hall–Kier alpha value is -1.81. The minimum absolute atomic E-state index is 0.00553. The fraction of sp³-hybridized carbons (Fsp3) is 0.562. The summed E-state index contributed by atoms with van der Waals surface area (Å²) in [6, 6.07) is 3.07. The number of likely N-dealkylation sites (tertiary alicyclic amines) is 1. The Labute approximate surface area is 146 Å². The zero-order chi connectivity index (χ0) is 18.2. The second kappa shape index (κ2) is 6.83. The molecule has 3 rings (SSSR count). The zero-order valence-corrected chi connectivity index (χ0v) is 13.9. The van der Waals surface area contributed by atoms with E-state index in [4.69, 9.17) is 20.5 Å². The van der Waals surface area contributed by atoms with E-state index < -0.39 is 13.1 Å². The number of hydrogen-bond donors (Lipinski definition) is 5. The van der Waals surface area contributed by atoms with Gasteiger partial charge in [-0.05, 0) is 37.2 Å². The first-order valence-corrected chi connectivity index (χ1v) is 8.42. The van der Waals surface area contributed by atoms with Crippen molar-refractivity contribution in [3.05, 3.63) is 23.3 Å². The van der Waals surface area contributed by atoms with Crippen LogP contribution in [0.1, 0.15) is 28.8 Å². The highest BCUT2D eigenvalue weighted by atomic mass is 16.5. The molecular weight excluding hydrogens is 327 g/mol. The maximum atomic E-state index is 11.5. The zero-order valence-electron chi connectivity index (χ0n) is 13.9. The van der Waals surface area contributed by atoms with Gasteiger partial charge in [-0.2, -0.15) is 0 Å². The summed E-state index contributed by atoms with van der Waals surface area (Å²) in [5.41, 5.74) is 5.95. The molecule has 1 saturated heterocycles. The van der Waals surface area contributed by atoms with Crippen LogP contribution in [-0.2, 0) is 6.42 Å². The molecule has 0 aromatic heterocycles. The maximum absolute atomic E-state index is 11.5. The van der Waals surface area contributed by atoms with Gasteiger partial charge in [-0.1, -0.05) is 6.07 Å². The molecule has 136 valence electrons. The molecule has 1 aromatic rings. The van der Waals surface area contributed by atoms with Crippen LogP contribution in [0.5, 0.6) is 11.5 Å². The summed E-state index contributed by atoms with van der Waals surface area (Å²) in [7, 11) is -1.51. The van der Waals surface area contributed by atoms with E-state index in [0.717, 1.165) is 12.8 Å². The number of ether oxygens (including phenoxy) is 1. The van der Waals surface area contributed by atoms with E-state index in [2.05, 4.69) is 4.90 Å². The number of nitrogens with zero attached hydrogens (tertiary/aromatic N) is 1. The smallest absolute Gasteiger partial charge is 0.451 e. The molecule has 0 radical (unpaired) electrons. The molecule has 25 heavy (non-hydrogen) atoms. The number of hydrogen-bond acceptors (Lipinski definition) is 7. The van der Waals surface area contributed by atoms with E-state index in [0.29, 0.717) is 25.2 Å².